The maximum absolute atomic E-state index is 11.9. The first-order valence-electron chi connectivity index (χ1n) is 5.12. The number of carbonyl (C=O) groups excluding carboxylic acids is 1. The maximum Gasteiger partial charge on any atom is 0.253 e. The Kier molecular flexibility index (Phi) is 3.72. The number of amides is 1. The van der Waals surface area contributed by atoms with Crippen LogP contribution in [0.25, 0.3) is 0 Å². The minimum absolute atomic E-state index is 0.00986. The zero-order valence-corrected chi connectivity index (χ0v) is 9.40. The van der Waals surface area contributed by atoms with Crippen molar-refractivity contribution in [3.8, 4) is 5.75 Å². The summed E-state index contributed by atoms with van der Waals surface area (Å²) in [7, 11) is 1.79. The minimum atomic E-state index is -0.00986. The lowest BCUT2D eigenvalue weighted by molar-refractivity contribution is 0.0740. The fraction of sp³-hybridized carbons (Fsp3) is 0.417. The Balaban J connectivity index is 2.80. The van der Waals surface area contributed by atoms with Gasteiger partial charge >= 0.3 is 0 Å². The summed E-state index contributed by atoms with van der Waals surface area (Å²) in [5.41, 5.74) is 0.607. The molecule has 1 aromatic rings. The van der Waals surface area contributed by atoms with Gasteiger partial charge in [0, 0.05) is 18.7 Å². The average molecular weight is 207 g/mol. The molecule has 0 aliphatic heterocycles. The first-order valence-corrected chi connectivity index (χ1v) is 5.12. The molecule has 0 fully saturated rings. The quantitative estimate of drug-likeness (QED) is 0.826. The molecule has 15 heavy (non-hydrogen) atoms. The molecule has 0 aliphatic carbocycles. The molecule has 1 unspecified atom stereocenters. The zero-order valence-electron chi connectivity index (χ0n) is 9.40. The number of rotatable bonds is 3. The molecule has 0 aliphatic rings. The van der Waals surface area contributed by atoms with E-state index in [9.17, 15) is 4.79 Å². The molecule has 0 bridgehead atoms. The van der Waals surface area contributed by atoms with Gasteiger partial charge in [0.15, 0.2) is 0 Å². The second kappa shape index (κ2) is 4.82. The highest BCUT2D eigenvalue weighted by Crippen LogP contribution is 2.13. The first kappa shape index (κ1) is 11.6. The van der Waals surface area contributed by atoms with Gasteiger partial charge in [-0.25, -0.2) is 0 Å². The van der Waals surface area contributed by atoms with E-state index in [2.05, 4.69) is 0 Å². The molecule has 3 heteroatoms. The normalized spacial score (nSPS) is 12.2. The molecule has 0 saturated heterocycles. The van der Waals surface area contributed by atoms with E-state index in [1.807, 2.05) is 13.8 Å². The van der Waals surface area contributed by atoms with E-state index in [4.69, 9.17) is 5.11 Å². The molecule has 0 saturated carbocycles. The van der Waals surface area contributed by atoms with Crippen LogP contribution in [-0.4, -0.2) is 29.0 Å². The number of benzene rings is 1. The molecular formula is C12H17NO2. The predicted molar refractivity (Wildman–Crippen MR) is 60.0 cm³/mol. The van der Waals surface area contributed by atoms with Crippen LogP contribution in [0, 0.1) is 0 Å². The SMILES string of the molecule is CCC(C)N(C)C(=O)c1ccc(O)cc1. The average Bonchev–Trinajstić information content (AvgIpc) is 2.27. The summed E-state index contributed by atoms with van der Waals surface area (Å²) in [5, 5.41) is 9.11. The molecule has 1 atom stereocenters. The number of phenolic OH excluding ortho intramolecular Hbond substituents is 1. The highest BCUT2D eigenvalue weighted by molar-refractivity contribution is 5.94. The van der Waals surface area contributed by atoms with Gasteiger partial charge in [0.25, 0.3) is 5.91 Å². The second-order valence-corrected chi connectivity index (χ2v) is 3.72. The Morgan fingerprint density at radius 3 is 2.40 bits per heavy atom. The number of carbonyl (C=O) groups is 1. The fourth-order valence-electron chi connectivity index (χ4n) is 1.28. The summed E-state index contributed by atoms with van der Waals surface area (Å²) in [6.45, 7) is 4.06. The Morgan fingerprint density at radius 2 is 1.93 bits per heavy atom. The number of phenols is 1. The standard InChI is InChI=1S/C12H17NO2/c1-4-9(2)13(3)12(15)10-5-7-11(14)8-6-10/h5-9,14H,4H2,1-3H3. The number of hydrogen-bond acceptors (Lipinski definition) is 2. The molecular weight excluding hydrogens is 190 g/mol. The van der Waals surface area contributed by atoms with Crippen LogP contribution in [0.1, 0.15) is 30.6 Å². The van der Waals surface area contributed by atoms with Gasteiger partial charge in [-0.1, -0.05) is 6.92 Å². The van der Waals surface area contributed by atoms with Crippen molar-refractivity contribution >= 4 is 5.91 Å². The summed E-state index contributed by atoms with van der Waals surface area (Å²) < 4.78 is 0. The Bertz CT molecular complexity index is 332. The molecule has 0 aromatic heterocycles. The van der Waals surface area contributed by atoms with Gasteiger partial charge in [-0.3, -0.25) is 4.79 Å². The molecule has 1 rings (SSSR count). The summed E-state index contributed by atoms with van der Waals surface area (Å²) >= 11 is 0. The van der Waals surface area contributed by atoms with Crippen molar-refractivity contribution in [3.63, 3.8) is 0 Å². The van der Waals surface area contributed by atoms with E-state index in [0.29, 0.717) is 5.56 Å². The number of nitrogens with zero attached hydrogens (tertiary/aromatic N) is 1. The minimum Gasteiger partial charge on any atom is -0.508 e. The van der Waals surface area contributed by atoms with E-state index < -0.39 is 0 Å². The summed E-state index contributed by atoms with van der Waals surface area (Å²) in [4.78, 5) is 13.6. The lowest BCUT2D eigenvalue weighted by Gasteiger charge is -2.23. The van der Waals surface area contributed by atoms with Crippen LogP contribution in [0.2, 0.25) is 0 Å². The van der Waals surface area contributed by atoms with E-state index in [-0.39, 0.29) is 17.7 Å². The highest BCUT2D eigenvalue weighted by atomic mass is 16.3. The van der Waals surface area contributed by atoms with Gasteiger partial charge < -0.3 is 10.0 Å². The smallest absolute Gasteiger partial charge is 0.253 e. The van der Waals surface area contributed by atoms with Crippen LogP contribution in [0.15, 0.2) is 24.3 Å². The van der Waals surface area contributed by atoms with E-state index >= 15 is 0 Å². The monoisotopic (exact) mass is 207 g/mol. The van der Waals surface area contributed by atoms with Crippen LogP contribution in [-0.2, 0) is 0 Å². The van der Waals surface area contributed by atoms with Crippen LogP contribution >= 0.6 is 0 Å². The van der Waals surface area contributed by atoms with Crippen molar-refractivity contribution in [3.05, 3.63) is 29.8 Å². The first-order chi connectivity index (χ1) is 7.06. The van der Waals surface area contributed by atoms with Crippen molar-refractivity contribution in [2.24, 2.45) is 0 Å². The molecule has 1 N–H and O–H groups in total. The van der Waals surface area contributed by atoms with Crippen molar-refractivity contribution in [2.75, 3.05) is 7.05 Å². The summed E-state index contributed by atoms with van der Waals surface area (Å²) in [6.07, 6.45) is 0.931. The molecule has 1 aromatic carbocycles. The molecule has 3 nitrogen and oxygen atoms in total. The summed E-state index contributed by atoms with van der Waals surface area (Å²) in [6, 6.07) is 6.55. The third-order valence-corrected chi connectivity index (χ3v) is 2.69. The topological polar surface area (TPSA) is 40.5 Å². The Morgan fingerprint density at radius 1 is 1.40 bits per heavy atom. The Hall–Kier alpha value is -1.51. The van der Waals surface area contributed by atoms with Gasteiger partial charge in [-0.05, 0) is 37.6 Å². The number of aromatic hydroxyl groups is 1. The van der Waals surface area contributed by atoms with Crippen molar-refractivity contribution in [1.82, 2.24) is 4.90 Å². The molecule has 0 spiro atoms. The maximum atomic E-state index is 11.9. The van der Waals surface area contributed by atoms with E-state index in [1.54, 1.807) is 24.1 Å². The second-order valence-electron chi connectivity index (χ2n) is 3.72. The third-order valence-electron chi connectivity index (χ3n) is 2.69. The van der Waals surface area contributed by atoms with Crippen molar-refractivity contribution in [1.29, 1.82) is 0 Å². The van der Waals surface area contributed by atoms with Crippen LogP contribution < -0.4 is 0 Å². The van der Waals surface area contributed by atoms with Gasteiger partial charge in [-0.15, -0.1) is 0 Å². The molecule has 82 valence electrons. The van der Waals surface area contributed by atoms with E-state index in [1.165, 1.54) is 12.1 Å². The lowest BCUT2D eigenvalue weighted by atomic mass is 10.1. The Labute approximate surface area is 90.3 Å². The molecule has 1 amide bonds. The highest BCUT2D eigenvalue weighted by Gasteiger charge is 2.15. The largest absolute Gasteiger partial charge is 0.508 e. The zero-order chi connectivity index (χ0) is 11.4. The predicted octanol–water partition coefficient (Wildman–Crippen LogP) is 2.26. The van der Waals surface area contributed by atoms with Crippen molar-refractivity contribution < 1.29 is 9.90 Å². The molecule has 0 radical (unpaired) electrons. The van der Waals surface area contributed by atoms with Crippen LogP contribution in [0.3, 0.4) is 0 Å². The fourth-order valence-corrected chi connectivity index (χ4v) is 1.28. The van der Waals surface area contributed by atoms with Gasteiger partial charge in [0.2, 0.25) is 0 Å². The molecule has 0 heterocycles. The van der Waals surface area contributed by atoms with E-state index in [0.717, 1.165) is 6.42 Å². The van der Waals surface area contributed by atoms with Crippen molar-refractivity contribution in [2.45, 2.75) is 26.3 Å². The lowest BCUT2D eigenvalue weighted by Crippen LogP contribution is -2.34. The van der Waals surface area contributed by atoms with Gasteiger partial charge in [-0.2, -0.15) is 0 Å². The third kappa shape index (κ3) is 2.72. The van der Waals surface area contributed by atoms with Gasteiger partial charge in [0.1, 0.15) is 5.75 Å². The number of hydrogen-bond donors (Lipinski definition) is 1. The van der Waals surface area contributed by atoms with Crippen LogP contribution in [0.5, 0.6) is 5.75 Å². The van der Waals surface area contributed by atoms with Crippen LogP contribution in [0.4, 0.5) is 0 Å². The van der Waals surface area contributed by atoms with Gasteiger partial charge in [0.05, 0.1) is 0 Å². The summed E-state index contributed by atoms with van der Waals surface area (Å²) in [5.74, 6) is 0.169.